The lowest BCUT2D eigenvalue weighted by atomic mass is 9.95. The molecule has 0 atom stereocenters. The molecule has 1 saturated heterocycles. The van der Waals surface area contributed by atoms with Crippen LogP contribution in [0.1, 0.15) is 34.9 Å². The number of aromatic nitrogens is 4. The third-order valence-electron chi connectivity index (χ3n) is 5.82. The van der Waals surface area contributed by atoms with Gasteiger partial charge in [0.2, 0.25) is 0 Å². The van der Waals surface area contributed by atoms with Gasteiger partial charge in [-0.25, -0.2) is 9.97 Å². The van der Waals surface area contributed by atoms with Gasteiger partial charge in [0.25, 0.3) is 5.91 Å². The highest BCUT2D eigenvalue weighted by atomic mass is 16.2. The van der Waals surface area contributed by atoms with Crippen LogP contribution in [0.25, 0.3) is 11.3 Å². The summed E-state index contributed by atoms with van der Waals surface area (Å²) in [4.78, 5) is 32.6. The van der Waals surface area contributed by atoms with Crippen LogP contribution in [0.2, 0.25) is 0 Å². The van der Waals surface area contributed by atoms with Crippen LogP contribution in [0.15, 0.2) is 85.5 Å². The summed E-state index contributed by atoms with van der Waals surface area (Å²) in [5, 5.41) is 3.40. The first-order valence-corrected chi connectivity index (χ1v) is 11.1. The highest BCUT2D eigenvalue weighted by Gasteiger charge is 2.27. The van der Waals surface area contributed by atoms with Crippen LogP contribution in [0.4, 0.5) is 11.5 Å². The lowest BCUT2D eigenvalue weighted by Gasteiger charge is -2.31. The topological polar surface area (TPSA) is 83.9 Å². The molecule has 1 amide bonds. The standard InChI is InChI=1S/C26H24N6O/c33-26(21-5-4-12-28-18-21)32-15-10-20(11-16-32)25-30-23(19-8-13-27-14-9-19)17-24(31-25)29-22-6-2-1-3-7-22/h1-9,12-14,17-18,20H,10-11,15-16H2,(H,29,30,31). The number of rotatable bonds is 5. The number of carbonyl (C=O) groups excluding carboxylic acids is 1. The van der Waals surface area contributed by atoms with E-state index in [1.165, 1.54) is 0 Å². The number of likely N-dealkylation sites (tertiary alicyclic amines) is 1. The minimum absolute atomic E-state index is 0.0273. The first kappa shape index (κ1) is 20.8. The predicted molar refractivity (Wildman–Crippen MR) is 127 cm³/mol. The summed E-state index contributed by atoms with van der Waals surface area (Å²) in [6.07, 6.45) is 8.47. The molecule has 5 rings (SSSR count). The van der Waals surface area contributed by atoms with E-state index >= 15 is 0 Å². The van der Waals surface area contributed by atoms with Gasteiger partial charge in [0.1, 0.15) is 11.6 Å². The molecule has 7 heteroatoms. The Morgan fingerprint density at radius 1 is 0.879 bits per heavy atom. The van der Waals surface area contributed by atoms with Gasteiger partial charge in [0.15, 0.2) is 0 Å². The Balaban J connectivity index is 1.38. The highest BCUT2D eigenvalue weighted by Crippen LogP contribution is 2.30. The zero-order chi connectivity index (χ0) is 22.5. The van der Waals surface area contributed by atoms with Crippen molar-refractivity contribution in [2.24, 2.45) is 0 Å². The fraction of sp³-hybridized carbons (Fsp3) is 0.192. The number of para-hydroxylation sites is 1. The smallest absolute Gasteiger partial charge is 0.255 e. The molecule has 164 valence electrons. The Labute approximate surface area is 192 Å². The molecule has 0 saturated carbocycles. The van der Waals surface area contributed by atoms with Crippen molar-refractivity contribution in [2.75, 3.05) is 18.4 Å². The minimum Gasteiger partial charge on any atom is -0.340 e. The van der Waals surface area contributed by atoms with Gasteiger partial charge in [-0.05, 0) is 49.2 Å². The molecule has 1 aliphatic rings. The molecule has 1 aliphatic heterocycles. The van der Waals surface area contributed by atoms with E-state index in [1.807, 2.05) is 59.5 Å². The quantitative estimate of drug-likeness (QED) is 0.488. The van der Waals surface area contributed by atoms with Crippen LogP contribution in [-0.2, 0) is 0 Å². The molecule has 7 nitrogen and oxygen atoms in total. The van der Waals surface area contributed by atoms with E-state index in [-0.39, 0.29) is 11.8 Å². The van der Waals surface area contributed by atoms with E-state index in [9.17, 15) is 4.79 Å². The van der Waals surface area contributed by atoms with Gasteiger partial charge in [0.05, 0.1) is 11.3 Å². The normalized spacial score (nSPS) is 14.1. The highest BCUT2D eigenvalue weighted by molar-refractivity contribution is 5.93. The number of piperidine rings is 1. The fourth-order valence-electron chi connectivity index (χ4n) is 4.07. The number of carbonyl (C=O) groups is 1. The van der Waals surface area contributed by atoms with Gasteiger partial charge >= 0.3 is 0 Å². The summed E-state index contributed by atoms with van der Waals surface area (Å²) in [5.74, 6) is 1.77. The number of benzene rings is 1. The van der Waals surface area contributed by atoms with Gasteiger partial charge in [-0.15, -0.1) is 0 Å². The monoisotopic (exact) mass is 436 g/mol. The Kier molecular flexibility index (Phi) is 6.01. The summed E-state index contributed by atoms with van der Waals surface area (Å²) >= 11 is 0. The summed E-state index contributed by atoms with van der Waals surface area (Å²) in [6, 6.07) is 19.5. The maximum atomic E-state index is 12.8. The van der Waals surface area contributed by atoms with Crippen molar-refractivity contribution in [1.82, 2.24) is 24.8 Å². The minimum atomic E-state index is 0.0273. The maximum Gasteiger partial charge on any atom is 0.255 e. The molecule has 4 heterocycles. The number of anilines is 2. The Hall–Kier alpha value is -4.13. The van der Waals surface area contributed by atoms with Crippen LogP contribution in [0.3, 0.4) is 0 Å². The molecule has 4 aromatic rings. The van der Waals surface area contributed by atoms with E-state index in [4.69, 9.17) is 9.97 Å². The fourth-order valence-corrected chi connectivity index (χ4v) is 4.07. The Morgan fingerprint density at radius 2 is 1.67 bits per heavy atom. The van der Waals surface area contributed by atoms with Gasteiger partial charge in [-0.1, -0.05) is 18.2 Å². The lowest BCUT2D eigenvalue weighted by Crippen LogP contribution is -2.38. The Bertz CT molecular complexity index is 1210. The maximum absolute atomic E-state index is 12.8. The molecule has 3 aromatic heterocycles. The first-order valence-electron chi connectivity index (χ1n) is 11.1. The number of hydrogen-bond acceptors (Lipinski definition) is 6. The molecule has 0 bridgehead atoms. The van der Waals surface area contributed by atoms with Crippen LogP contribution >= 0.6 is 0 Å². The largest absolute Gasteiger partial charge is 0.340 e. The molecular weight excluding hydrogens is 412 g/mol. The zero-order valence-electron chi connectivity index (χ0n) is 18.1. The van der Waals surface area contributed by atoms with E-state index in [0.717, 1.165) is 41.4 Å². The number of pyridine rings is 2. The van der Waals surface area contributed by atoms with Crippen LogP contribution in [0, 0.1) is 0 Å². The number of hydrogen-bond donors (Lipinski definition) is 1. The van der Waals surface area contributed by atoms with Crippen molar-refractivity contribution in [3.05, 3.63) is 96.8 Å². The van der Waals surface area contributed by atoms with E-state index in [2.05, 4.69) is 15.3 Å². The average Bonchev–Trinajstić information content (AvgIpc) is 2.90. The molecule has 1 fully saturated rings. The van der Waals surface area contributed by atoms with Gasteiger partial charge in [0, 0.05) is 61.1 Å². The second-order valence-electron chi connectivity index (χ2n) is 8.03. The summed E-state index contributed by atoms with van der Waals surface area (Å²) in [7, 11) is 0. The third kappa shape index (κ3) is 4.87. The molecule has 0 aliphatic carbocycles. The molecule has 0 unspecified atom stereocenters. The Morgan fingerprint density at radius 3 is 2.39 bits per heavy atom. The summed E-state index contributed by atoms with van der Waals surface area (Å²) < 4.78 is 0. The average molecular weight is 437 g/mol. The number of nitrogens with zero attached hydrogens (tertiary/aromatic N) is 5. The SMILES string of the molecule is O=C(c1cccnc1)N1CCC(c2nc(Nc3ccccc3)cc(-c3ccncc3)n2)CC1. The van der Waals surface area contributed by atoms with E-state index in [1.54, 1.807) is 30.9 Å². The molecule has 33 heavy (non-hydrogen) atoms. The van der Waals surface area contributed by atoms with Gasteiger partial charge in [-0.2, -0.15) is 0 Å². The summed E-state index contributed by atoms with van der Waals surface area (Å²) in [5.41, 5.74) is 3.45. The van der Waals surface area contributed by atoms with Crippen molar-refractivity contribution < 1.29 is 4.79 Å². The van der Waals surface area contributed by atoms with Crippen molar-refractivity contribution in [1.29, 1.82) is 0 Å². The molecular formula is C26H24N6O. The van der Waals surface area contributed by atoms with E-state index in [0.29, 0.717) is 18.7 Å². The molecule has 0 radical (unpaired) electrons. The van der Waals surface area contributed by atoms with Crippen LogP contribution in [-0.4, -0.2) is 43.8 Å². The lowest BCUT2D eigenvalue weighted by molar-refractivity contribution is 0.0710. The van der Waals surface area contributed by atoms with Crippen molar-refractivity contribution >= 4 is 17.4 Å². The van der Waals surface area contributed by atoms with Crippen LogP contribution in [0.5, 0.6) is 0 Å². The van der Waals surface area contributed by atoms with Crippen molar-refractivity contribution in [3.8, 4) is 11.3 Å². The van der Waals surface area contributed by atoms with Crippen molar-refractivity contribution in [3.63, 3.8) is 0 Å². The number of nitrogens with one attached hydrogen (secondary N) is 1. The second-order valence-corrected chi connectivity index (χ2v) is 8.03. The zero-order valence-corrected chi connectivity index (χ0v) is 18.1. The molecule has 1 aromatic carbocycles. The van der Waals surface area contributed by atoms with Crippen molar-refractivity contribution in [2.45, 2.75) is 18.8 Å². The molecule has 1 N–H and O–H groups in total. The van der Waals surface area contributed by atoms with Gasteiger partial charge in [-0.3, -0.25) is 14.8 Å². The number of amides is 1. The van der Waals surface area contributed by atoms with E-state index < -0.39 is 0 Å². The summed E-state index contributed by atoms with van der Waals surface area (Å²) in [6.45, 7) is 1.34. The first-order chi connectivity index (χ1) is 16.3. The predicted octanol–water partition coefficient (Wildman–Crippen LogP) is 4.70. The molecule has 0 spiro atoms. The van der Waals surface area contributed by atoms with Gasteiger partial charge < -0.3 is 10.2 Å². The second kappa shape index (κ2) is 9.56. The van der Waals surface area contributed by atoms with Crippen LogP contribution < -0.4 is 5.32 Å². The third-order valence-corrected chi connectivity index (χ3v) is 5.82.